The smallest absolute Gasteiger partial charge is 0.163 e. The lowest BCUT2D eigenvalue weighted by molar-refractivity contribution is 0.181. The quantitative estimate of drug-likeness (QED) is 0.461. The van der Waals surface area contributed by atoms with E-state index in [9.17, 15) is 0 Å². The Hall–Kier alpha value is -2.50. The molecule has 0 amide bonds. The minimum atomic E-state index is 0.433. The molecule has 0 atom stereocenters. The topological polar surface area (TPSA) is 39.4 Å². The zero-order valence-corrected chi connectivity index (χ0v) is 16.2. The number of benzene rings is 2. The van der Waals surface area contributed by atoms with Crippen molar-refractivity contribution in [1.82, 2.24) is 14.6 Å². The first-order chi connectivity index (χ1) is 12.7. The van der Waals surface area contributed by atoms with Gasteiger partial charge in [0.2, 0.25) is 0 Å². The summed E-state index contributed by atoms with van der Waals surface area (Å²) in [7, 11) is 1.68. The highest BCUT2D eigenvalue weighted by Crippen LogP contribution is 2.31. The van der Waals surface area contributed by atoms with Gasteiger partial charge in [0, 0.05) is 23.3 Å². The van der Waals surface area contributed by atoms with Crippen molar-refractivity contribution in [3.8, 4) is 22.4 Å². The molecule has 2 aromatic heterocycles. The second kappa shape index (κ2) is 7.02. The van der Waals surface area contributed by atoms with Crippen LogP contribution in [0.5, 0.6) is 0 Å². The number of aryl methyl sites for hydroxylation is 1. The maximum absolute atomic E-state index is 5.39. The van der Waals surface area contributed by atoms with Gasteiger partial charge in [-0.25, -0.2) is 9.50 Å². The third kappa shape index (κ3) is 3.04. The van der Waals surface area contributed by atoms with E-state index >= 15 is 0 Å². The first kappa shape index (κ1) is 16.9. The van der Waals surface area contributed by atoms with Crippen LogP contribution in [0.4, 0.5) is 0 Å². The van der Waals surface area contributed by atoms with Crippen LogP contribution in [0.3, 0.4) is 0 Å². The van der Waals surface area contributed by atoms with Crippen molar-refractivity contribution in [1.29, 1.82) is 0 Å². The maximum atomic E-state index is 5.39. The van der Waals surface area contributed by atoms with Crippen LogP contribution in [0.2, 0.25) is 0 Å². The predicted molar refractivity (Wildman–Crippen MR) is 107 cm³/mol. The summed E-state index contributed by atoms with van der Waals surface area (Å²) < 4.78 is 8.35. The molecule has 0 spiro atoms. The van der Waals surface area contributed by atoms with Crippen molar-refractivity contribution in [3.05, 3.63) is 76.5 Å². The average Bonchev–Trinajstić information content (AvgIpc) is 3.02. The molecule has 0 saturated heterocycles. The zero-order chi connectivity index (χ0) is 18.1. The summed E-state index contributed by atoms with van der Waals surface area (Å²) in [5, 5.41) is 4.82. The van der Waals surface area contributed by atoms with Gasteiger partial charge in [-0.1, -0.05) is 57.9 Å². The summed E-state index contributed by atoms with van der Waals surface area (Å²) in [6, 6.07) is 18.6. The van der Waals surface area contributed by atoms with Crippen LogP contribution in [-0.2, 0) is 11.3 Å². The Balaban J connectivity index is 1.96. The first-order valence-electron chi connectivity index (χ1n) is 8.36. The number of hydrogen-bond donors (Lipinski definition) is 0. The number of methoxy groups -OCH3 is 1. The number of nitrogens with zero attached hydrogens (tertiary/aromatic N) is 3. The Bertz CT molecular complexity index is 1050. The van der Waals surface area contributed by atoms with Crippen molar-refractivity contribution in [2.24, 2.45) is 0 Å². The molecule has 4 aromatic rings. The molecule has 0 radical (unpaired) electrons. The molecule has 130 valence electrons. The third-order valence-corrected chi connectivity index (χ3v) is 4.88. The Labute approximate surface area is 160 Å². The number of ether oxygens (including phenoxy) is 1. The van der Waals surface area contributed by atoms with Crippen molar-refractivity contribution >= 4 is 21.6 Å². The van der Waals surface area contributed by atoms with Crippen LogP contribution in [-0.4, -0.2) is 21.7 Å². The number of rotatable bonds is 4. The molecule has 0 aliphatic heterocycles. The summed E-state index contributed by atoms with van der Waals surface area (Å²) in [6.07, 6.45) is 1.84. The second-order valence-electron chi connectivity index (χ2n) is 6.19. The lowest BCUT2D eigenvalue weighted by Gasteiger charge is -2.06. The van der Waals surface area contributed by atoms with Gasteiger partial charge in [0.15, 0.2) is 5.65 Å². The lowest BCUT2D eigenvalue weighted by atomic mass is 10.1. The molecular formula is C21H18BrN3O. The Morgan fingerprint density at radius 3 is 2.35 bits per heavy atom. The van der Waals surface area contributed by atoms with Gasteiger partial charge >= 0.3 is 0 Å². The molecule has 26 heavy (non-hydrogen) atoms. The van der Waals surface area contributed by atoms with Gasteiger partial charge in [-0.3, -0.25) is 0 Å². The van der Waals surface area contributed by atoms with Crippen LogP contribution >= 0.6 is 15.9 Å². The van der Waals surface area contributed by atoms with E-state index in [1.165, 1.54) is 5.56 Å². The molecular weight excluding hydrogens is 390 g/mol. The minimum absolute atomic E-state index is 0.433. The van der Waals surface area contributed by atoms with Gasteiger partial charge in [-0.2, -0.15) is 5.10 Å². The number of fused-ring (bicyclic) bond motifs is 1. The number of hydrogen-bond acceptors (Lipinski definition) is 3. The molecule has 0 bridgehead atoms. The van der Waals surface area contributed by atoms with Gasteiger partial charge in [-0.15, -0.1) is 0 Å². The predicted octanol–water partition coefficient (Wildman–Crippen LogP) is 5.28. The van der Waals surface area contributed by atoms with E-state index in [2.05, 4.69) is 64.2 Å². The fraction of sp³-hybridized carbons (Fsp3) is 0.143. The molecule has 4 nitrogen and oxygen atoms in total. The zero-order valence-electron chi connectivity index (χ0n) is 14.6. The van der Waals surface area contributed by atoms with E-state index in [0.29, 0.717) is 6.61 Å². The SMILES string of the molecule is COCc1nn2c(-c3ccc(C)cc3)ccnc2c1-c1ccc(Br)cc1. The molecule has 0 aliphatic carbocycles. The van der Waals surface area contributed by atoms with Crippen LogP contribution in [0.1, 0.15) is 11.3 Å². The fourth-order valence-electron chi connectivity index (χ4n) is 3.08. The van der Waals surface area contributed by atoms with E-state index in [4.69, 9.17) is 9.84 Å². The molecule has 0 saturated carbocycles. The van der Waals surface area contributed by atoms with Crippen molar-refractivity contribution < 1.29 is 4.74 Å². The van der Waals surface area contributed by atoms with E-state index in [1.807, 2.05) is 28.9 Å². The van der Waals surface area contributed by atoms with Crippen molar-refractivity contribution in [2.45, 2.75) is 13.5 Å². The first-order valence-corrected chi connectivity index (χ1v) is 9.15. The van der Waals surface area contributed by atoms with Crippen LogP contribution in [0.15, 0.2) is 65.3 Å². The van der Waals surface area contributed by atoms with Crippen molar-refractivity contribution in [3.63, 3.8) is 0 Å². The summed E-state index contributed by atoms with van der Waals surface area (Å²) in [4.78, 5) is 4.62. The van der Waals surface area contributed by atoms with Gasteiger partial charge in [0.25, 0.3) is 0 Å². The van der Waals surface area contributed by atoms with E-state index in [-0.39, 0.29) is 0 Å². The monoisotopic (exact) mass is 407 g/mol. The van der Waals surface area contributed by atoms with Gasteiger partial charge in [0.05, 0.1) is 23.6 Å². The van der Waals surface area contributed by atoms with E-state index in [0.717, 1.165) is 38.2 Å². The highest BCUT2D eigenvalue weighted by molar-refractivity contribution is 9.10. The minimum Gasteiger partial charge on any atom is -0.378 e. The Morgan fingerprint density at radius 2 is 1.65 bits per heavy atom. The van der Waals surface area contributed by atoms with Gasteiger partial charge in [-0.05, 0) is 30.7 Å². The van der Waals surface area contributed by atoms with Crippen molar-refractivity contribution in [2.75, 3.05) is 7.11 Å². The highest BCUT2D eigenvalue weighted by atomic mass is 79.9. The number of aromatic nitrogens is 3. The lowest BCUT2D eigenvalue weighted by Crippen LogP contribution is -1.96. The molecule has 5 heteroatoms. The third-order valence-electron chi connectivity index (χ3n) is 4.35. The summed E-state index contributed by atoms with van der Waals surface area (Å²) in [6.45, 7) is 2.52. The Kier molecular flexibility index (Phi) is 4.57. The van der Waals surface area contributed by atoms with Crippen LogP contribution in [0, 0.1) is 6.92 Å². The summed E-state index contributed by atoms with van der Waals surface area (Å²) in [5.74, 6) is 0. The van der Waals surface area contributed by atoms with E-state index < -0.39 is 0 Å². The number of halogens is 1. The molecule has 0 fully saturated rings. The van der Waals surface area contributed by atoms with Crippen LogP contribution < -0.4 is 0 Å². The van der Waals surface area contributed by atoms with E-state index in [1.54, 1.807) is 7.11 Å². The average molecular weight is 408 g/mol. The Morgan fingerprint density at radius 1 is 0.962 bits per heavy atom. The molecule has 0 unspecified atom stereocenters. The standard InChI is InChI=1S/C21H18BrN3O/c1-14-3-5-15(6-4-14)19-11-12-23-21-20(16-7-9-17(22)10-8-16)18(13-26-2)24-25(19)21/h3-12H,13H2,1-2H3. The molecule has 2 heterocycles. The normalized spacial score (nSPS) is 11.2. The largest absolute Gasteiger partial charge is 0.378 e. The summed E-state index contributed by atoms with van der Waals surface area (Å²) in [5.41, 5.74) is 7.14. The highest BCUT2D eigenvalue weighted by Gasteiger charge is 2.18. The maximum Gasteiger partial charge on any atom is 0.163 e. The molecule has 2 aromatic carbocycles. The molecule has 4 rings (SSSR count). The summed E-state index contributed by atoms with van der Waals surface area (Å²) >= 11 is 3.49. The fourth-order valence-corrected chi connectivity index (χ4v) is 3.35. The van der Waals surface area contributed by atoms with Gasteiger partial charge < -0.3 is 4.74 Å². The molecule has 0 aliphatic rings. The molecule has 0 N–H and O–H groups in total. The van der Waals surface area contributed by atoms with Crippen LogP contribution in [0.25, 0.3) is 28.0 Å². The van der Waals surface area contributed by atoms with Gasteiger partial charge in [0.1, 0.15) is 0 Å². The second-order valence-corrected chi connectivity index (χ2v) is 7.11.